The number of rotatable bonds is 6. The van der Waals surface area contributed by atoms with Crippen LogP contribution in [0, 0.1) is 5.92 Å². The highest BCUT2D eigenvalue weighted by molar-refractivity contribution is 7.15. The van der Waals surface area contributed by atoms with Gasteiger partial charge in [0.15, 0.2) is 6.61 Å². The number of carbonyl (C=O) groups excluding carboxylic acids is 4. The fourth-order valence-electron chi connectivity index (χ4n) is 3.03. The van der Waals surface area contributed by atoms with Crippen molar-refractivity contribution >= 4 is 40.2 Å². The summed E-state index contributed by atoms with van der Waals surface area (Å²) in [5, 5.41) is 7.52. The van der Waals surface area contributed by atoms with Crippen molar-refractivity contribution in [3.63, 3.8) is 0 Å². The standard InChI is InChI=1S/C20H19N3O5S/c24-15(23-9-8-21-20(23)27)10-28-19(26)16-14(12-4-2-1-3-5-12)11-29-18(16)22-17(25)13-6-7-13/h1-5,11,13H,6-10H2,(H,21,27)(H,22,25). The SMILES string of the molecule is O=C(OCC(=O)N1CCNC1=O)c1c(-c2ccccc2)csc1NC(=O)C1CC1. The first-order valence-corrected chi connectivity index (χ1v) is 10.2. The highest BCUT2D eigenvalue weighted by Crippen LogP contribution is 2.38. The molecule has 1 saturated heterocycles. The quantitative estimate of drug-likeness (QED) is 0.708. The van der Waals surface area contributed by atoms with Crippen molar-refractivity contribution in [3.05, 3.63) is 41.3 Å². The Balaban J connectivity index is 1.55. The van der Waals surface area contributed by atoms with Gasteiger partial charge in [-0.2, -0.15) is 0 Å². The van der Waals surface area contributed by atoms with E-state index in [1.165, 1.54) is 11.3 Å². The zero-order chi connectivity index (χ0) is 20.4. The number of amides is 4. The molecule has 8 nitrogen and oxygen atoms in total. The number of urea groups is 1. The van der Waals surface area contributed by atoms with Gasteiger partial charge in [-0.05, 0) is 18.4 Å². The first-order valence-electron chi connectivity index (χ1n) is 9.27. The van der Waals surface area contributed by atoms with Crippen LogP contribution in [0.15, 0.2) is 35.7 Å². The van der Waals surface area contributed by atoms with Crippen LogP contribution >= 0.6 is 11.3 Å². The highest BCUT2D eigenvalue weighted by Gasteiger charge is 2.32. The van der Waals surface area contributed by atoms with Crippen LogP contribution in [0.25, 0.3) is 11.1 Å². The van der Waals surface area contributed by atoms with Gasteiger partial charge in [0.1, 0.15) is 10.6 Å². The second-order valence-electron chi connectivity index (χ2n) is 6.84. The Morgan fingerprint density at radius 1 is 1.21 bits per heavy atom. The van der Waals surface area contributed by atoms with E-state index in [1.807, 2.05) is 30.3 Å². The lowest BCUT2D eigenvalue weighted by Crippen LogP contribution is -2.37. The number of ether oxygens (including phenoxy) is 1. The van der Waals surface area contributed by atoms with Crippen LogP contribution in [0.1, 0.15) is 23.2 Å². The summed E-state index contributed by atoms with van der Waals surface area (Å²) in [7, 11) is 0. The third-order valence-corrected chi connectivity index (χ3v) is 5.64. The first-order chi connectivity index (χ1) is 14.0. The molecule has 4 rings (SSSR count). The van der Waals surface area contributed by atoms with E-state index in [-0.39, 0.29) is 23.9 Å². The number of imide groups is 1. The Kier molecular flexibility index (Phi) is 5.30. The van der Waals surface area contributed by atoms with E-state index in [9.17, 15) is 19.2 Å². The van der Waals surface area contributed by atoms with Crippen molar-refractivity contribution in [1.82, 2.24) is 10.2 Å². The molecule has 2 fully saturated rings. The number of thiophene rings is 1. The van der Waals surface area contributed by atoms with Crippen molar-refractivity contribution in [1.29, 1.82) is 0 Å². The van der Waals surface area contributed by atoms with E-state index in [4.69, 9.17) is 4.74 Å². The molecule has 0 atom stereocenters. The largest absolute Gasteiger partial charge is 0.452 e. The molecular weight excluding hydrogens is 394 g/mol. The van der Waals surface area contributed by atoms with E-state index < -0.39 is 24.5 Å². The van der Waals surface area contributed by atoms with E-state index in [1.54, 1.807) is 5.38 Å². The minimum absolute atomic E-state index is 0.0172. The third kappa shape index (κ3) is 4.14. The second-order valence-corrected chi connectivity index (χ2v) is 7.72. The predicted molar refractivity (Wildman–Crippen MR) is 107 cm³/mol. The molecule has 1 saturated carbocycles. The summed E-state index contributed by atoms with van der Waals surface area (Å²) < 4.78 is 5.21. The number of nitrogens with zero attached hydrogens (tertiary/aromatic N) is 1. The van der Waals surface area contributed by atoms with E-state index in [0.29, 0.717) is 17.1 Å². The van der Waals surface area contributed by atoms with Gasteiger partial charge in [-0.25, -0.2) is 9.59 Å². The molecule has 1 aliphatic heterocycles. The van der Waals surface area contributed by atoms with Crippen LogP contribution in [0.4, 0.5) is 9.80 Å². The molecule has 1 aliphatic carbocycles. The van der Waals surface area contributed by atoms with Gasteiger partial charge in [0.25, 0.3) is 5.91 Å². The average molecular weight is 413 g/mol. The lowest BCUT2D eigenvalue weighted by molar-refractivity contribution is -0.130. The monoisotopic (exact) mass is 413 g/mol. The molecule has 0 spiro atoms. The fourth-order valence-corrected chi connectivity index (χ4v) is 3.99. The lowest BCUT2D eigenvalue weighted by Gasteiger charge is -2.13. The smallest absolute Gasteiger partial charge is 0.342 e. The molecule has 150 valence electrons. The maximum absolute atomic E-state index is 12.9. The van der Waals surface area contributed by atoms with Crippen molar-refractivity contribution in [2.24, 2.45) is 5.92 Å². The Labute approximate surface area is 170 Å². The highest BCUT2D eigenvalue weighted by atomic mass is 32.1. The predicted octanol–water partition coefficient (Wildman–Crippen LogP) is 2.47. The molecule has 29 heavy (non-hydrogen) atoms. The van der Waals surface area contributed by atoms with Gasteiger partial charge in [-0.3, -0.25) is 14.5 Å². The molecule has 2 heterocycles. The Morgan fingerprint density at radius 2 is 1.97 bits per heavy atom. The van der Waals surface area contributed by atoms with Crippen LogP contribution in [0.5, 0.6) is 0 Å². The number of esters is 1. The van der Waals surface area contributed by atoms with Gasteiger partial charge in [0.05, 0.1) is 0 Å². The van der Waals surface area contributed by atoms with Crippen molar-refractivity contribution in [2.75, 3.05) is 25.0 Å². The molecule has 0 bridgehead atoms. The lowest BCUT2D eigenvalue weighted by atomic mass is 10.0. The minimum atomic E-state index is -0.718. The minimum Gasteiger partial charge on any atom is -0.452 e. The van der Waals surface area contributed by atoms with Crippen LogP contribution in [0.2, 0.25) is 0 Å². The zero-order valence-electron chi connectivity index (χ0n) is 15.5. The summed E-state index contributed by atoms with van der Waals surface area (Å²) in [6.45, 7) is 0.0660. The second kappa shape index (κ2) is 8.04. The summed E-state index contributed by atoms with van der Waals surface area (Å²) in [4.78, 5) is 49.8. The first kappa shape index (κ1) is 19.1. The number of benzene rings is 1. The normalized spacial score (nSPS) is 15.7. The summed E-state index contributed by atoms with van der Waals surface area (Å²) in [6.07, 6.45) is 1.68. The summed E-state index contributed by atoms with van der Waals surface area (Å²) in [5.41, 5.74) is 1.64. The fraction of sp³-hybridized carbons (Fsp3) is 0.300. The van der Waals surface area contributed by atoms with Gasteiger partial charge < -0.3 is 15.4 Å². The summed E-state index contributed by atoms with van der Waals surface area (Å²) in [6, 6.07) is 8.77. The van der Waals surface area contributed by atoms with Gasteiger partial charge in [-0.15, -0.1) is 11.3 Å². The molecular formula is C20H19N3O5S. The molecule has 2 N–H and O–H groups in total. The number of carbonyl (C=O) groups is 4. The van der Waals surface area contributed by atoms with Crippen molar-refractivity contribution in [3.8, 4) is 11.1 Å². The van der Waals surface area contributed by atoms with Gasteiger partial charge >= 0.3 is 12.0 Å². The average Bonchev–Trinajstić information content (AvgIpc) is 3.37. The van der Waals surface area contributed by atoms with E-state index in [2.05, 4.69) is 10.6 Å². The Hall–Kier alpha value is -3.20. The number of hydrogen-bond donors (Lipinski definition) is 2. The molecule has 1 aromatic carbocycles. The number of hydrogen-bond acceptors (Lipinski definition) is 6. The maximum atomic E-state index is 12.9. The topological polar surface area (TPSA) is 105 Å². The number of nitrogens with one attached hydrogen (secondary N) is 2. The Bertz CT molecular complexity index is 968. The summed E-state index contributed by atoms with van der Waals surface area (Å²) in [5.74, 6) is -1.45. The van der Waals surface area contributed by atoms with Crippen LogP contribution in [-0.2, 0) is 14.3 Å². The molecule has 0 unspecified atom stereocenters. The van der Waals surface area contributed by atoms with E-state index in [0.717, 1.165) is 23.3 Å². The molecule has 9 heteroatoms. The maximum Gasteiger partial charge on any atom is 0.342 e. The van der Waals surface area contributed by atoms with Crippen molar-refractivity contribution < 1.29 is 23.9 Å². The zero-order valence-corrected chi connectivity index (χ0v) is 16.3. The van der Waals surface area contributed by atoms with Gasteiger partial charge in [0.2, 0.25) is 5.91 Å². The van der Waals surface area contributed by atoms with Gasteiger partial charge in [-0.1, -0.05) is 30.3 Å². The van der Waals surface area contributed by atoms with Crippen molar-refractivity contribution in [2.45, 2.75) is 12.8 Å². The third-order valence-electron chi connectivity index (χ3n) is 4.75. The van der Waals surface area contributed by atoms with Gasteiger partial charge in [0, 0.05) is 30.0 Å². The molecule has 1 aromatic heterocycles. The molecule has 4 amide bonds. The number of anilines is 1. The molecule has 2 aromatic rings. The van der Waals surface area contributed by atoms with Crippen LogP contribution < -0.4 is 10.6 Å². The van der Waals surface area contributed by atoms with Crippen LogP contribution in [-0.4, -0.2) is 48.4 Å². The Morgan fingerprint density at radius 3 is 2.62 bits per heavy atom. The van der Waals surface area contributed by atoms with E-state index >= 15 is 0 Å². The summed E-state index contributed by atoms with van der Waals surface area (Å²) >= 11 is 1.24. The van der Waals surface area contributed by atoms with Crippen LogP contribution in [0.3, 0.4) is 0 Å². The molecule has 2 aliphatic rings. The molecule has 0 radical (unpaired) electrons.